The Morgan fingerprint density at radius 1 is 1.45 bits per heavy atom. The summed E-state index contributed by atoms with van der Waals surface area (Å²) in [6.45, 7) is 10.9. The molecule has 1 atom stereocenters. The Kier molecular flexibility index (Phi) is 6.17. The van der Waals surface area contributed by atoms with E-state index in [1.807, 2.05) is 0 Å². The molecule has 0 aliphatic carbocycles. The van der Waals surface area contributed by atoms with E-state index in [4.69, 9.17) is 0 Å². The highest BCUT2D eigenvalue weighted by atomic mass is 32.2. The number of aryl methyl sites for hydroxylation is 1. The van der Waals surface area contributed by atoms with Crippen molar-refractivity contribution in [3.63, 3.8) is 0 Å². The molecule has 1 aromatic rings. The quantitative estimate of drug-likeness (QED) is 0.815. The minimum absolute atomic E-state index is 0.772. The molecule has 4 heteroatoms. The molecule has 1 N–H and O–H groups in total. The van der Waals surface area contributed by atoms with Crippen molar-refractivity contribution in [1.82, 2.24) is 10.3 Å². The second kappa shape index (κ2) is 7.89. The fourth-order valence-electron chi connectivity index (χ4n) is 2.59. The van der Waals surface area contributed by atoms with Gasteiger partial charge in [0, 0.05) is 53.8 Å². The maximum Gasteiger partial charge on any atom is 0.0446 e. The number of hydrogen-bond donors (Lipinski definition) is 1. The monoisotopic (exact) mass is 293 g/mol. The zero-order valence-electron chi connectivity index (χ0n) is 13.0. The van der Waals surface area contributed by atoms with Gasteiger partial charge in [-0.3, -0.25) is 4.98 Å². The lowest BCUT2D eigenvalue weighted by Gasteiger charge is -2.35. The molecule has 20 heavy (non-hydrogen) atoms. The third-order valence-electron chi connectivity index (χ3n) is 3.78. The summed E-state index contributed by atoms with van der Waals surface area (Å²) in [5, 5.41) is 4.28. The smallest absolute Gasteiger partial charge is 0.0446 e. The van der Waals surface area contributed by atoms with Crippen LogP contribution in [-0.2, 0) is 6.54 Å². The SMILES string of the molecule is CCCNCc1cnc(C)cc1N1CCSC(CC)C1. The molecule has 1 aliphatic rings. The van der Waals surface area contributed by atoms with E-state index in [1.54, 1.807) is 0 Å². The molecule has 3 nitrogen and oxygen atoms in total. The molecule has 0 aromatic carbocycles. The highest BCUT2D eigenvalue weighted by molar-refractivity contribution is 8.00. The largest absolute Gasteiger partial charge is 0.369 e. The van der Waals surface area contributed by atoms with Crippen LogP contribution in [0.4, 0.5) is 5.69 Å². The van der Waals surface area contributed by atoms with Crippen LogP contribution in [0.25, 0.3) is 0 Å². The summed E-state index contributed by atoms with van der Waals surface area (Å²) in [5.74, 6) is 1.24. The lowest BCUT2D eigenvalue weighted by Crippen LogP contribution is -2.38. The van der Waals surface area contributed by atoms with Crippen LogP contribution in [0, 0.1) is 6.92 Å². The van der Waals surface area contributed by atoms with E-state index in [0.29, 0.717) is 0 Å². The molecule has 1 saturated heterocycles. The molecule has 1 unspecified atom stereocenters. The van der Waals surface area contributed by atoms with Crippen LogP contribution < -0.4 is 10.2 Å². The van der Waals surface area contributed by atoms with E-state index >= 15 is 0 Å². The van der Waals surface area contributed by atoms with E-state index in [2.05, 4.69) is 60.0 Å². The van der Waals surface area contributed by atoms with Gasteiger partial charge in [-0.1, -0.05) is 13.8 Å². The summed E-state index contributed by atoms with van der Waals surface area (Å²) < 4.78 is 0. The molecule has 1 aromatic heterocycles. The van der Waals surface area contributed by atoms with Gasteiger partial charge in [0.05, 0.1) is 0 Å². The van der Waals surface area contributed by atoms with E-state index < -0.39 is 0 Å². The maximum atomic E-state index is 4.48. The van der Waals surface area contributed by atoms with E-state index in [1.165, 1.54) is 36.4 Å². The van der Waals surface area contributed by atoms with Crippen molar-refractivity contribution >= 4 is 17.4 Å². The first-order valence-corrected chi connectivity index (χ1v) is 8.82. The number of thioether (sulfide) groups is 1. The van der Waals surface area contributed by atoms with Crippen molar-refractivity contribution in [3.8, 4) is 0 Å². The van der Waals surface area contributed by atoms with Gasteiger partial charge in [-0.25, -0.2) is 0 Å². The van der Waals surface area contributed by atoms with Gasteiger partial charge in [0.25, 0.3) is 0 Å². The summed E-state index contributed by atoms with van der Waals surface area (Å²) in [6.07, 6.45) is 4.48. The highest BCUT2D eigenvalue weighted by Gasteiger charge is 2.21. The molecular formula is C16H27N3S. The van der Waals surface area contributed by atoms with Gasteiger partial charge >= 0.3 is 0 Å². The second-order valence-corrected chi connectivity index (χ2v) is 6.89. The van der Waals surface area contributed by atoms with Crippen LogP contribution in [0.15, 0.2) is 12.3 Å². The summed E-state index contributed by atoms with van der Waals surface area (Å²) in [7, 11) is 0. The predicted octanol–water partition coefficient (Wildman–Crippen LogP) is 3.22. The Morgan fingerprint density at radius 2 is 2.30 bits per heavy atom. The number of pyridine rings is 1. The number of anilines is 1. The lowest BCUT2D eigenvalue weighted by molar-refractivity contribution is 0.666. The Morgan fingerprint density at radius 3 is 3.05 bits per heavy atom. The molecule has 1 fully saturated rings. The van der Waals surface area contributed by atoms with Crippen LogP contribution in [0.3, 0.4) is 0 Å². The van der Waals surface area contributed by atoms with Crippen molar-refractivity contribution < 1.29 is 0 Å². The average molecular weight is 293 g/mol. The first-order valence-electron chi connectivity index (χ1n) is 7.77. The Bertz CT molecular complexity index is 422. The van der Waals surface area contributed by atoms with Gasteiger partial charge in [0.15, 0.2) is 0 Å². The van der Waals surface area contributed by atoms with Crippen molar-refractivity contribution in [3.05, 3.63) is 23.5 Å². The standard InChI is InChI=1S/C16H27N3S/c1-4-6-17-10-14-11-18-13(3)9-16(14)19-7-8-20-15(5-2)12-19/h9,11,15,17H,4-8,10,12H2,1-3H3. The van der Waals surface area contributed by atoms with Crippen LogP contribution in [0.5, 0.6) is 0 Å². The molecular weight excluding hydrogens is 266 g/mol. The number of rotatable bonds is 6. The molecule has 0 bridgehead atoms. The second-order valence-electron chi connectivity index (χ2n) is 5.48. The summed E-state index contributed by atoms with van der Waals surface area (Å²) in [6, 6.07) is 2.26. The minimum atomic E-state index is 0.772. The van der Waals surface area contributed by atoms with Crippen molar-refractivity contribution in [2.24, 2.45) is 0 Å². The van der Waals surface area contributed by atoms with Gasteiger partial charge in [-0.15, -0.1) is 0 Å². The summed E-state index contributed by atoms with van der Waals surface area (Å²) in [5.41, 5.74) is 3.84. The third-order valence-corrected chi connectivity index (χ3v) is 5.15. The van der Waals surface area contributed by atoms with E-state index in [9.17, 15) is 0 Å². The Balaban J connectivity index is 2.13. The zero-order valence-corrected chi connectivity index (χ0v) is 13.8. The van der Waals surface area contributed by atoms with Gasteiger partial charge in [0.2, 0.25) is 0 Å². The first-order chi connectivity index (χ1) is 9.74. The molecule has 2 rings (SSSR count). The number of aromatic nitrogens is 1. The van der Waals surface area contributed by atoms with Crippen LogP contribution in [0.1, 0.15) is 37.9 Å². The average Bonchev–Trinajstić information content (AvgIpc) is 2.49. The number of nitrogens with one attached hydrogen (secondary N) is 1. The maximum absolute atomic E-state index is 4.48. The molecule has 2 heterocycles. The topological polar surface area (TPSA) is 28.2 Å². The predicted molar refractivity (Wildman–Crippen MR) is 89.7 cm³/mol. The van der Waals surface area contributed by atoms with Crippen LogP contribution in [-0.4, -0.2) is 35.6 Å². The molecule has 112 valence electrons. The Labute approximate surface area is 127 Å². The molecule has 0 radical (unpaired) electrons. The van der Waals surface area contributed by atoms with Gasteiger partial charge in [-0.05, 0) is 32.4 Å². The number of hydrogen-bond acceptors (Lipinski definition) is 4. The summed E-state index contributed by atoms with van der Waals surface area (Å²) >= 11 is 2.12. The van der Waals surface area contributed by atoms with Crippen LogP contribution in [0.2, 0.25) is 0 Å². The van der Waals surface area contributed by atoms with E-state index in [-0.39, 0.29) is 0 Å². The van der Waals surface area contributed by atoms with E-state index in [0.717, 1.165) is 30.6 Å². The minimum Gasteiger partial charge on any atom is -0.369 e. The third kappa shape index (κ3) is 4.13. The van der Waals surface area contributed by atoms with Gasteiger partial charge < -0.3 is 10.2 Å². The van der Waals surface area contributed by atoms with Crippen molar-refractivity contribution in [2.75, 3.05) is 30.3 Å². The van der Waals surface area contributed by atoms with Crippen molar-refractivity contribution in [1.29, 1.82) is 0 Å². The fourth-order valence-corrected chi connectivity index (χ4v) is 3.77. The molecule has 0 spiro atoms. The van der Waals surface area contributed by atoms with Gasteiger partial charge in [-0.2, -0.15) is 11.8 Å². The summed E-state index contributed by atoms with van der Waals surface area (Å²) in [4.78, 5) is 7.04. The Hall–Kier alpha value is -0.740. The fraction of sp³-hybridized carbons (Fsp3) is 0.688. The van der Waals surface area contributed by atoms with Crippen molar-refractivity contribution in [2.45, 2.75) is 45.4 Å². The molecule has 0 amide bonds. The highest BCUT2D eigenvalue weighted by Crippen LogP contribution is 2.28. The normalized spacial score (nSPS) is 19.4. The van der Waals surface area contributed by atoms with Crippen LogP contribution >= 0.6 is 11.8 Å². The van der Waals surface area contributed by atoms with Gasteiger partial charge in [0.1, 0.15) is 0 Å². The molecule has 1 aliphatic heterocycles. The zero-order chi connectivity index (χ0) is 14.4. The molecule has 0 saturated carbocycles. The lowest BCUT2D eigenvalue weighted by atomic mass is 10.1. The number of nitrogens with zero attached hydrogens (tertiary/aromatic N) is 2. The first kappa shape index (κ1) is 15.6.